The van der Waals surface area contributed by atoms with Gasteiger partial charge < -0.3 is 25.2 Å². The van der Waals surface area contributed by atoms with Gasteiger partial charge >= 0.3 is 12.1 Å². The molecule has 1 saturated heterocycles. The molecule has 1 aliphatic carbocycles. The minimum atomic E-state index is -1.06. The van der Waals surface area contributed by atoms with Crippen LogP contribution in [0.1, 0.15) is 50.2 Å². The van der Waals surface area contributed by atoms with E-state index in [1.807, 2.05) is 38.1 Å². The monoisotopic (exact) mass is 480 g/mol. The standard InChI is InChI=1S/C27H32N2O6/c1-16(2)13-23(26(31)32)29-25(30)24-12-11-17(35-24)14-28-27(33)34-15-22-20-9-5-3-7-18(20)19-8-4-6-10-21(19)22/h3-10,16-17,22-24H,11-15H2,1-2H3,(H,28,33)(H,29,30)(H,31,32)/t17?,23-,24?/m1/s1. The van der Waals surface area contributed by atoms with Crippen LogP contribution < -0.4 is 10.6 Å². The number of hydrogen-bond acceptors (Lipinski definition) is 5. The van der Waals surface area contributed by atoms with Gasteiger partial charge in [-0.25, -0.2) is 9.59 Å². The molecule has 0 aromatic heterocycles. The van der Waals surface area contributed by atoms with E-state index < -0.39 is 30.1 Å². The molecule has 2 aliphatic rings. The molecule has 2 aromatic rings. The molecule has 4 rings (SSSR count). The predicted octanol–water partition coefficient (Wildman–Crippen LogP) is 3.69. The van der Waals surface area contributed by atoms with Crippen LogP contribution in [0.2, 0.25) is 0 Å². The second kappa shape index (κ2) is 10.9. The summed E-state index contributed by atoms with van der Waals surface area (Å²) < 4.78 is 11.3. The molecule has 8 nitrogen and oxygen atoms in total. The SMILES string of the molecule is CC(C)C[C@@H](NC(=O)C1CCC(CNC(=O)OCC2c3ccccc3-c3ccccc32)O1)C(=O)O. The van der Waals surface area contributed by atoms with Crippen molar-refractivity contribution in [3.8, 4) is 11.1 Å². The van der Waals surface area contributed by atoms with Crippen LogP contribution in [0.15, 0.2) is 48.5 Å². The highest BCUT2D eigenvalue weighted by atomic mass is 16.5. The van der Waals surface area contributed by atoms with Gasteiger partial charge in [0.25, 0.3) is 0 Å². The quantitative estimate of drug-likeness (QED) is 0.504. The Morgan fingerprint density at radius 2 is 1.66 bits per heavy atom. The van der Waals surface area contributed by atoms with Crippen LogP contribution >= 0.6 is 0 Å². The summed E-state index contributed by atoms with van der Waals surface area (Å²) in [6.07, 6.45) is -0.189. The van der Waals surface area contributed by atoms with Crippen LogP contribution in [-0.4, -0.2) is 54.5 Å². The minimum absolute atomic E-state index is 0.0167. The molecule has 3 atom stereocenters. The van der Waals surface area contributed by atoms with Crippen molar-refractivity contribution in [2.75, 3.05) is 13.2 Å². The van der Waals surface area contributed by atoms with E-state index in [4.69, 9.17) is 9.47 Å². The molecule has 1 fully saturated rings. The number of carboxylic acids is 1. The number of benzene rings is 2. The minimum Gasteiger partial charge on any atom is -0.480 e. The van der Waals surface area contributed by atoms with E-state index in [1.165, 1.54) is 11.1 Å². The third-order valence-corrected chi connectivity index (χ3v) is 6.54. The fourth-order valence-electron chi connectivity index (χ4n) is 4.85. The molecule has 0 spiro atoms. The normalized spacial score (nSPS) is 19.6. The fraction of sp³-hybridized carbons (Fsp3) is 0.444. The topological polar surface area (TPSA) is 114 Å². The molecule has 2 aromatic carbocycles. The second-order valence-electron chi connectivity index (χ2n) is 9.56. The van der Waals surface area contributed by atoms with Crippen LogP contribution in [0.4, 0.5) is 4.79 Å². The number of carboxylic acid groups (broad SMARTS) is 1. The molecule has 1 aliphatic heterocycles. The van der Waals surface area contributed by atoms with Crippen molar-refractivity contribution < 1.29 is 29.0 Å². The lowest BCUT2D eigenvalue weighted by atomic mass is 9.98. The van der Waals surface area contributed by atoms with Gasteiger partial charge in [-0.05, 0) is 47.4 Å². The molecule has 186 valence electrons. The molecule has 0 saturated carbocycles. The second-order valence-corrected chi connectivity index (χ2v) is 9.56. The van der Waals surface area contributed by atoms with Gasteiger partial charge in [-0.1, -0.05) is 62.4 Å². The lowest BCUT2D eigenvalue weighted by Gasteiger charge is -2.19. The average molecular weight is 481 g/mol. The van der Waals surface area contributed by atoms with Crippen LogP contribution in [0.3, 0.4) is 0 Å². The third-order valence-electron chi connectivity index (χ3n) is 6.54. The average Bonchev–Trinajstić information content (AvgIpc) is 3.44. The van der Waals surface area contributed by atoms with Crippen molar-refractivity contribution in [2.24, 2.45) is 5.92 Å². The van der Waals surface area contributed by atoms with Crippen molar-refractivity contribution in [2.45, 2.75) is 57.3 Å². The smallest absolute Gasteiger partial charge is 0.407 e. The van der Waals surface area contributed by atoms with E-state index >= 15 is 0 Å². The van der Waals surface area contributed by atoms with Crippen LogP contribution in [0, 0.1) is 5.92 Å². The zero-order valence-electron chi connectivity index (χ0n) is 20.0. The molecule has 2 amide bonds. The Morgan fingerprint density at radius 1 is 1.03 bits per heavy atom. The molecule has 0 radical (unpaired) electrons. The molecule has 0 bridgehead atoms. The molecule has 2 unspecified atom stereocenters. The maximum absolute atomic E-state index is 12.5. The highest BCUT2D eigenvalue weighted by molar-refractivity contribution is 5.86. The largest absolute Gasteiger partial charge is 0.480 e. The van der Waals surface area contributed by atoms with E-state index in [9.17, 15) is 19.5 Å². The van der Waals surface area contributed by atoms with Gasteiger partial charge in [0, 0.05) is 12.5 Å². The van der Waals surface area contributed by atoms with Gasteiger partial charge in [0.1, 0.15) is 18.8 Å². The van der Waals surface area contributed by atoms with Crippen molar-refractivity contribution in [3.05, 3.63) is 59.7 Å². The van der Waals surface area contributed by atoms with Gasteiger partial charge in [-0.3, -0.25) is 4.79 Å². The first-order valence-corrected chi connectivity index (χ1v) is 12.1. The van der Waals surface area contributed by atoms with Crippen molar-refractivity contribution in [3.63, 3.8) is 0 Å². The summed E-state index contributed by atoms with van der Waals surface area (Å²) in [7, 11) is 0. The number of nitrogens with one attached hydrogen (secondary N) is 2. The van der Waals surface area contributed by atoms with E-state index in [2.05, 4.69) is 34.9 Å². The third kappa shape index (κ3) is 5.82. The van der Waals surface area contributed by atoms with Gasteiger partial charge in [-0.15, -0.1) is 0 Å². The fourth-order valence-corrected chi connectivity index (χ4v) is 4.85. The van der Waals surface area contributed by atoms with E-state index in [1.54, 1.807) is 0 Å². The summed E-state index contributed by atoms with van der Waals surface area (Å²) in [5, 5.41) is 14.6. The number of aliphatic carboxylic acids is 1. The van der Waals surface area contributed by atoms with E-state index in [0.717, 1.165) is 11.1 Å². The van der Waals surface area contributed by atoms with Gasteiger partial charge in [0.2, 0.25) is 5.91 Å². The van der Waals surface area contributed by atoms with Crippen LogP contribution in [0.5, 0.6) is 0 Å². The lowest BCUT2D eigenvalue weighted by molar-refractivity contribution is -0.144. The number of rotatable bonds is 9. The summed E-state index contributed by atoms with van der Waals surface area (Å²) in [6.45, 7) is 4.25. The Morgan fingerprint density at radius 3 is 2.26 bits per heavy atom. The van der Waals surface area contributed by atoms with Crippen molar-refractivity contribution in [1.82, 2.24) is 10.6 Å². The Bertz CT molecular complexity index is 1040. The highest BCUT2D eigenvalue weighted by Gasteiger charge is 2.34. The molecule has 1 heterocycles. The summed E-state index contributed by atoms with van der Waals surface area (Å²) in [5.74, 6) is -1.37. The first-order chi connectivity index (χ1) is 16.8. The maximum atomic E-state index is 12.5. The molecule has 8 heteroatoms. The Balaban J connectivity index is 1.24. The maximum Gasteiger partial charge on any atom is 0.407 e. The number of amides is 2. The van der Waals surface area contributed by atoms with Crippen LogP contribution in [-0.2, 0) is 19.1 Å². The zero-order chi connectivity index (χ0) is 24.9. The zero-order valence-corrected chi connectivity index (χ0v) is 20.0. The van der Waals surface area contributed by atoms with Gasteiger partial charge in [0.05, 0.1) is 6.10 Å². The Kier molecular flexibility index (Phi) is 7.70. The Labute approximate surface area is 205 Å². The number of fused-ring (bicyclic) bond motifs is 3. The molecular formula is C27H32N2O6. The predicted molar refractivity (Wildman–Crippen MR) is 130 cm³/mol. The number of ether oxygens (including phenoxy) is 2. The first kappa shape index (κ1) is 24.7. The van der Waals surface area contributed by atoms with Crippen LogP contribution in [0.25, 0.3) is 11.1 Å². The molecule has 3 N–H and O–H groups in total. The summed E-state index contributed by atoms with van der Waals surface area (Å²) in [4.78, 5) is 36.3. The lowest BCUT2D eigenvalue weighted by Crippen LogP contribution is -2.46. The number of carbonyl (C=O) groups is 3. The Hall–Kier alpha value is -3.39. The van der Waals surface area contributed by atoms with Crippen molar-refractivity contribution in [1.29, 1.82) is 0 Å². The van der Waals surface area contributed by atoms with Gasteiger partial charge in [0.15, 0.2) is 0 Å². The van der Waals surface area contributed by atoms with Crippen molar-refractivity contribution >= 4 is 18.0 Å². The molecule has 35 heavy (non-hydrogen) atoms. The summed E-state index contributed by atoms with van der Waals surface area (Å²) in [6, 6.07) is 15.3. The number of alkyl carbamates (subject to hydrolysis) is 1. The van der Waals surface area contributed by atoms with Gasteiger partial charge in [-0.2, -0.15) is 0 Å². The van der Waals surface area contributed by atoms with E-state index in [0.29, 0.717) is 19.3 Å². The summed E-state index contributed by atoms with van der Waals surface area (Å²) in [5.41, 5.74) is 4.62. The first-order valence-electron chi connectivity index (χ1n) is 12.1. The molecular weight excluding hydrogens is 448 g/mol. The number of carbonyl (C=O) groups excluding carboxylic acids is 2. The highest BCUT2D eigenvalue weighted by Crippen LogP contribution is 2.44. The number of hydrogen-bond donors (Lipinski definition) is 3. The van der Waals surface area contributed by atoms with E-state index in [-0.39, 0.29) is 31.1 Å². The summed E-state index contributed by atoms with van der Waals surface area (Å²) >= 11 is 0.